The minimum absolute atomic E-state index is 0.333. The van der Waals surface area contributed by atoms with E-state index in [0.717, 1.165) is 30.7 Å². The van der Waals surface area contributed by atoms with E-state index in [1.165, 1.54) is 80.0 Å². The lowest BCUT2D eigenvalue weighted by atomic mass is 10.00. The van der Waals surface area contributed by atoms with E-state index < -0.39 is 5.97 Å². The molecule has 1 aromatic heterocycles. The molecule has 0 amide bonds. The van der Waals surface area contributed by atoms with Crippen LogP contribution >= 0.6 is 0 Å². The molecule has 1 N–H and O–H groups in total. The fraction of sp³-hybridized carbons (Fsp3) is 0.485. The average Bonchev–Trinajstić information content (AvgIpc) is 3.48. The van der Waals surface area contributed by atoms with E-state index in [1.54, 1.807) is 0 Å². The third-order valence-electron chi connectivity index (χ3n) is 7.24. The Morgan fingerprint density at radius 2 is 1.30 bits per heavy atom. The zero-order chi connectivity index (χ0) is 26.3. The Kier molecular flexibility index (Phi) is 12.3. The highest BCUT2D eigenvalue weighted by atomic mass is 16.4. The monoisotopic (exact) mass is 500 g/mol. The van der Waals surface area contributed by atoms with E-state index in [2.05, 4.69) is 72.3 Å². The van der Waals surface area contributed by atoms with Crippen molar-refractivity contribution in [2.75, 3.05) is 0 Å². The zero-order valence-corrected chi connectivity index (χ0v) is 22.8. The molecule has 1 aliphatic carbocycles. The third kappa shape index (κ3) is 9.76. The van der Waals surface area contributed by atoms with E-state index in [0.29, 0.717) is 12.3 Å². The van der Waals surface area contributed by atoms with Gasteiger partial charge in [0.25, 0.3) is 0 Å². The van der Waals surface area contributed by atoms with Gasteiger partial charge in [-0.05, 0) is 60.3 Å². The number of carbonyl (C=O) groups is 1. The number of benzene rings is 2. The number of carboxylic acids is 1. The summed E-state index contributed by atoms with van der Waals surface area (Å²) in [7, 11) is 0. The number of rotatable bonds is 12. The number of aromatic nitrogens is 2. The largest absolute Gasteiger partial charge is 0.481 e. The van der Waals surface area contributed by atoms with Gasteiger partial charge in [0.2, 0.25) is 0 Å². The second-order valence-corrected chi connectivity index (χ2v) is 10.3. The standard InChI is InChI=1S/C26H30N2.C7H14O2/c1-2-3-4-7-20-10-12-22(13-11-20)23-14-16-24(17-15-23)26-27-18-25(19-28-26)21-8-5-6-9-21;1-2-3-4-5-6-7(8)9/h10-19,21H,2-9H2,1H3;2-6H2,1H3,(H,8,9). The molecule has 2 aromatic carbocycles. The smallest absolute Gasteiger partial charge is 0.303 e. The minimum Gasteiger partial charge on any atom is -0.481 e. The van der Waals surface area contributed by atoms with E-state index in [9.17, 15) is 4.79 Å². The number of nitrogens with zero attached hydrogens (tertiary/aromatic N) is 2. The van der Waals surface area contributed by atoms with Crippen molar-refractivity contribution < 1.29 is 9.90 Å². The summed E-state index contributed by atoms with van der Waals surface area (Å²) in [6, 6.07) is 17.6. The third-order valence-corrected chi connectivity index (χ3v) is 7.24. The van der Waals surface area contributed by atoms with Gasteiger partial charge in [-0.3, -0.25) is 4.79 Å². The molecule has 0 saturated heterocycles. The van der Waals surface area contributed by atoms with Gasteiger partial charge in [0.1, 0.15) is 0 Å². The lowest BCUT2D eigenvalue weighted by molar-refractivity contribution is -0.137. The van der Waals surface area contributed by atoms with Crippen molar-refractivity contribution in [1.82, 2.24) is 9.97 Å². The predicted octanol–water partition coefficient (Wildman–Crippen LogP) is 9.24. The molecule has 4 nitrogen and oxygen atoms in total. The van der Waals surface area contributed by atoms with Gasteiger partial charge in [0.05, 0.1) is 0 Å². The van der Waals surface area contributed by atoms with Gasteiger partial charge in [-0.25, -0.2) is 9.97 Å². The second kappa shape index (κ2) is 16.0. The van der Waals surface area contributed by atoms with Gasteiger partial charge >= 0.3 is 5.97 Å². The highest BCUT2D eigenvalue weighted by Gasteiger charge is 2.17. The second-order valence-electron chi connectivity index (χ2n) is 10.3. The van der Waals surface area contributed by atoms with Crippen LogP contribution in [0, 0.1) is 0 Å². The number of unbranched alkanes of at least 4 members (excludes halogenated alkanes) is 5. The first kappa shape index (κ1) is 28.6. The van der Waals surface area contributed by atoms with Crippen LogP contribution in [0.4, 0.5) is 0 Å². The Morgan fingerprint density at radius 1 is 0.757 bits per heavy atom. The molecule has 0 bridgehead atoms. The summed E-state index contributed by atoms with van der Waals surface area (Å²) in [6.45, 7) is 4.36. The van der Waals surface area contributed by atoms with Crippen LogP contribution in [0.25, 0.3) is 22.5 Å². The maximum absolute atomic E-state index is 9.96. The molecule has 3 aromatic rings. The predicted molar refractivity (Wildman–Crippen MR) is 154 cm³/mol. The molecule has 0 atom stereocenters. The van der Waals surface area contributed by atoms with Crippen LogP contribution in [0.3, 0.4) is 0 Å². The van der Waals surface area contributed by atoms with Crippen LogP contribution in [0.2, 0.25) is 0 Å². The fourth-order valence-corrected chi connectivity index (χ4v) is 4.91. The summed E-state index contributed by atoms with van der Waals surface area (Å²) in [5, 5.41) is 8.21. The fourth-order valence-electron chi connectivity index (χ4n) is 4.91. The van der Waals surface area contributed by atoms with Crippen molar-refractivity contribution >= 4 is 5.97 Å². The highest BCUT2D eigenvalue weighted by Crippen LogP contribution is 2.33. The van der Waals surface area contributed by atoms with Crippen molar-refractivity contribution in [2.45, 2.75) is 103 Å². The van der Waals surface area contributed by atoms with Crippen molar-refractivity contribution in [3.05, 3.63) is 72.1 Å². The lowest BCUT2D eigenvalue weighted by Gasteiger charge is -2.09. The summed E-state index contributed by atoms with van der Waals surface area (Å²) >= 11 is 0. The van der Waals surface area contributed by atoms with E-state index in [1.807, 2.05) is 12.4 Å². The zero-order valence-electron chi connectivity index (χ0n) is 22.8. The van der Waals surface area contributed by atoms with Crippen molar-refractivity contribution in [3.8, 4) is 22.5 Å². The van der Waals surface area contributed by atoms with Gasteiger partial charge in [0.15, 0.2) is 5.82 Å². The maximum Gasteiger partial charge on any atom is 0.303 e. The van der Waals surface area contributed by atoms with Crippen molar-refractivity contribution in [2.24, 2.45) is 0 Å². The Labute approximate surface area is 223 Å². The number of aliphatic carboxylic acids is 1. The SMILES string of the molecule is CCCCCCC(=O)O.CCCCCc1ccc(-c2ccc(-c3ncc(C4CCCC4)cn3)cc2)cc1. The Morgan fingerprint density at radius 3 is 1.86 bits per heavy atom. The first-order valence-corrected chi connectivity index (χ1v) is 14.3. The molecule has 4 rings (SSSR count). The van der Waals surface area contributed by atoms with Crippen LogP contribution in [-0.2, 0) is 11.2 Å². The van der Waals surface area contributed by atoms with E-state index in [4.69, 9.17) is 5.11 Å². The number of hydrogen-bond acceptors (Lipinski definition) is 3. The average molecular weight is 501 g/mol. The van der Waals surface area contributed by atoms with Crippen LogP contribution in [0.15, 0.2) is 60.9 Å². The first-order chi connectivity index (χ1) is 18.1. The van der Waals surface area contributed by atoms with Gasteiger partial charge in [-0.2, -0.15) is 0 Å². The molecular formula is C33H44N2O2. The number of carboxylic acid groups (broad SMARTS) is 1. The Bertz CT molecular complexity index is 1040. The van der Waals surface area contributed by atoms with E-state index in [-0.39, 0.29) is 0 Å². The van der Waals surface area contributed by atoms with Crippen LogP contribution in [-0.4, -0.2) is 21.0 Å². The highest BCUT2D eigenvalue weighted by molar-refractivity contribution is 5.68. The molecule has 1 aliphatic rings. The Hall–Kier alpha value is -3.01. The number of aryl methyl sites for hydroxylation is 1. The van der Waals surface area contributed by atoms with E-state index >= 15 is 0 Å². The summed E-state index contributed by atoms with van der Waals surface area (Å²) in [5.74, 6) is 0.812. The summed E-state index contributed by atoms with van der Waals surface area (Å²) in [5.41, 5.74) is 6.33. The Balaban J connectivity index is 0.000000364. The van der Waals surface area contributed by atoms with Crippen molar-refractivity contribution in [3.63, 3.8) is 0 Å². The van der Waals surface area contributed by atoms with Crippen LogP contribution in [0.5, 0.6) is 0 Å². The molecule has 0 unspecified atom stereocenters. The molecule has 0 aliphatic heterocycles. The summed E-state index contributed by atoms with van der Waals surface area (Å²) in [6.07, 6.45) is 18.9. The topological polar surface area (TPSA) is 63.1 Å². The molecule has 0 spiro atoms. The summed E-state index contributed by atoms with van der Waals surface area (Å²) in [4.78, 5) is 19.2. The van der Waals surface area contributed by atoms with Crippen LogP contribution < -0.4 is 0 Å². The van der Waals surface area contributed by atoms with Gasteiger partial charge in [-0.1, -0.05) is 107 Å². The normalized spacial score (nSPS) is 13.2. The number of hydrogen-bond donors (Lipinski definition) is 1. The minimum atomic E-state index is -0.675. The molecule has 37 heavy (non-hydrogen) atoms. The van der Waals surface area contributed by atoms with Gasteiger partial charge in [-0.15, -0.1) is 0 Å². The van der Waals surface area contributed by atoms with Crippen molar-refractivity contribution in [1.29, 1.82) is 0 Å². The van der Waals surface area contributed by atoms with Gasteiger partial charge in [0, 0.05) is 24.4 Å². The molecule has 1 saturated carbocycles. The quantitative estimate of drug-likeness (QED) is 0.252. The maximum atomic E-state index is 9.96. The molecule has 1 fully saturated rings. The molecule has 0 radical (unpaired) electrons. The molecule has 1 heterocycles. The van der Waals surface area contributed by atoms with Crippen LogP contribution in [0.1, 0.15) is 108 Å². The first-order valence-electron chi connectivity index (χ1n) is 14.3. The van der Waals surface area contributed by atoms with Gasteiger partial charge < -0.3 is 5.11 Å². The lowest BCUT2D eigenvalue weighted by Crippen LogP contribution is -1.96. The molecular weight excluding hydrogens is 456 g/mol. The summed E-state index contributed by atoms with van der Waals surface area (Å²) < 4.78 is 0. The molecule has 198 valence electrons. The molecule has 4 heteroatoms.